The maximum Gasteiger partial charge on any atom is 0.242 e. The molecule has 1 N–H and O–H groups in total. The second kappa shape index (κ2) is 14.4. The summed E-state index contributed by atoms with van der Waals surface area (Å²) < 4.78 is 32.3. The molecule has 1 aliphatic rings. The summed E-state index contributed by atoms with van der Waals surface area (Å²) >= 11 is 0. The molecule has 1 saturated carbocycles. The van der Waals surface area contributed by atoms with Crippen molar-refractivity contribution >= 4 is 27.5 Å². The van der Waals surface area contributed by atoms with E-state index in [1.165, 1.54) is 10.7 Å². The van der Waals surface area contributed by atoms with Gasteiger partial charge in [0.1, 0.15) is 11.8 Å². The molecule has 9 heteroatoms. The highest BCUT2D eigenvalue weighted by atomic mass is 32.2. The van der Waals surface area contributed by atoms with E-state index >= 15 is 0 Å². The fraction of sp³-hybridized carbons (Fsp3) is 0.533. The Kier molecular flexibility index (Phi) is 11.2. The van der Waals surface area contributed by atoms with Crippen LogP contribution in [0.4, 0.5) is 5.69 Å². The van der Waals surface area contributed by atoms with Crippen LogP contribution in [0.25, 0.3) is 0 Å². The number of nitrogens with zero attached hydrogens (tertiary/aromatic N) is 2. The van der Waals surface area contributed by atoms with E-state index in [9.17, 15) is 18.0 Å². The number of aryl methyl sites for hydroxylation is 1. The van der Waals surface area contributed by atoms with Gasteiger partial charge in [0.25, 0.3) is 0 Å². The lowest BCUT2D eigenvalue weighted by Gasteiger charge is -2.32. The van der Waals surface area contributed by atoms with Gasteiger partial charge in [-0.2, -0.15) is 0 Å². The van der Waals surface area contributed by atoms with Crippen molar-refractivity contribution in [1.82, 2.24) is 10.2 Å². The molecule has 0 spiro atoms. The minimum Gasteiger partial charge on any atom is -0.492 e. The second-order valence-electron chi connectivity index (χ2n) is 10.3. The Hall–Kier alpha value is -3.07. The summed E-state index contributed by atoms with van der Waals surface area (Å²) in [6, 6.07) is 14.3. The van der Waals surface area contributed by atoms with Crippen LogP contribution >= 0.6 is 0 Å². The van der Waals surface area contributed by atoms with E-state index in [1.54, 1.807) is 36.1 Å². The number of hydrogen-bond donors (Lipinski definition) is 1. The number of benzene rings is 2. The zero-order valence-corrected chi connectivity index (χ0v) is 24.5. The molecule has 0 bridgehead atoms. The number of amides is 2. The summed E-state index contributed by atoms with van der Waals surface area (Å²) in [5, 5.41) is 3.15. The highest BCUT2D eigenvalue weighted by molar-refractivity contribution is 7.92. The van der Waals surface area contributed by atoms with Crippen LogP contribution in [-0.4, -0.2) is 56.6 Å². The molecule has 3 rings (SSSR count). The van der Waals surface area contributed by atoms with E-state index in [-0.39, 0.29) is 30.8 Å². The van der Waals surface area contributed by atoms with Gasteiger partial charge in [-0.1, -0.05) is 55.7 Å². The summed E-state index contributed by atoms with van der Waals surface area (Å²) in [5.41, 5.74) is 2.48. The van der Waals surface area contributed by atoms with E-state index in [1.807, 2.05) is 38.1 Å². The third-order valence-corrected chi connectivity index (χ3v) is 8.49. The number of nitrogens with one attached hydrogen (secondary N) is 1. The van der Waals surface area contributed by atoms with Crippen molar-refractivity contribution in [2.45, 2.75) is 84.3 Å². The van der Waals surface area contributed by atoms with Crippen molar-refractivity contribution in [3.63, 3.8) is 0 Å². The molecule has 2 amide bonds. The van der Waals surface area contributed by atoms with Crippen LogP contribution in [0.2, 0.25) is 0 Å². The van der Waals surface area contributed by atoms with Gasteiger partial charge in [-0.25, -0.2) is 8.42 Å². The minimum atomic E-state index is -3.61. The Bertz CT molecular complexity index is 1210. The molecular formula is C30H43N3O5S. The average molecular weight is 558 g/mol. The number of rotatable bonds is 13. The quantitative estimate of drug-likeness (QED) is 0.382. The molecule has 214 valence electrons. The van der Waals surface area contributed by atoms with Crippen LogP contribution in [0, 0.1) is 6.92 Å². The molecular weight excluding hydrogens is 514 g/mol. The number of anilines is 1. The molecule has 0 heterocycles. The lowest BCUT2D eigenvalue weighted by molar-refractivity contribution is -0.141. The van der Waals surface area contributed by atoms with Crippen molar-refractivity contribution in [2.24, 2.45) is 0 Å². The van der Waals surface area contributed by atoms with Crippen molar-refractivity contribution in [1.29, 1.82) is 0 Å². The fourth-order valence-electron chi connectivity index (χ4n) is 5.05. The Balaban J connectivity index is 1.75. The van der Waals surface area contributed by atoms with Crippen LogP contribution in [0.1, 0.15) is 69.9 Å². The SMILES string of the molecule is CCOc1ccccc1N(CCCC(=O)N(Cc1ccccc1C)[C@H](C)C(=O)NC1CCCCC1)S(C)(=O)=O. The third-order valence-electron chi connectivity index (χ3n) is 7.31. The highest BCUT2D eigenvalue weighted by Crippen LogP contribution is 2.30. The molecule has 0 aliphatic heterocycles. The lowest BCUT2D eigenvalue weighted by Crippen LogP contribution is -2.50. The first-order valence-electron chi connectivity index (χ1n) is 14.0. The first-order valence-corrected chi connectivity index (χ1v) is 15.8. The van der Waals surface area contributed by atoms with Crippen molar-refractivity contribution in [3.05, 3.63) is 59.7 Å². The van der Waals surface area contributed by atoms with Gasteiger partial charge in [-0.05, 0) is 63.3 Å². The molecule has 0 radical (unpaired) electrons. The Morgan fingerprint density at radius 1 is 1.05 bits per heavy atom. The molecule has 2 aromatic rings. The topological polar surface area (TPSA) is 96.0 Å². The number of hydrogen-bond acceptors (Lipinski definition) is 5. The number of carbonyl (C=O) groups excluding carboxylic acids is 2. The van der Waals surface area contributed by atoms with Crippen LogP contribution in [-0.2, 0) is 26.2 Å². The molecule has 1 aliphatic carbocycles. The van der Waals surface area contributed by atoms with Gasteiger partial charge in [0.05, 0.1) is 18.6 Å². The van der Waals surface area contributed by atoms with Gasteiger partial charge in [-0.15, -0.1) is 0 Å². The van der Waals surface area contributed by atoms with Gasteiger partial charge in [0.2, 0.25) is 21.8 Å². The summed E-state index contributed by atoms with van der Waals surface area (Å²) in [5.74, 6) is 0.147. The lowest BCUT2D eigenvalue weighted by atomic mass is 9.95. The minimum absolute atomic E-state index is 0.107. The third kappa shape index (κ3) is 8.71. The molecule has 39 heavy (non-hydrogen) atoms. The first kappa shape index (κ1) is 30.5. The highest BCUT2D eigenvalue weighted by Gasteiger charge is 2.29. The largest absolute Gasteiger partial charge is 0.492 e. The maximum atomic E-state index is 13.6. The predicted octanol–water partition coefficient (Wildman–Crippen LogP) is 4.81. The molecule has 8 nitrogen and oxygen atoms in total. The smallest absolute Gasteiger partial charge is 0.242 e. The van der Waals surface area contributed by atoms with Crippen LogP contribution in [0.15, 0.2) is 48.5 Å². The normalized spacial score (nSPS) is 14.9. The fourth-order valence-corrected chi connectivity index (χ4v) is 6.01. The van der Waals surface area contributed by atoms with Gasteiger partial charge in [0.15, 0.2) is 0 Å². The Morgan fingerprint density at radius 3 is 2.38 bits per heavy atom. The van der Waals surface area contributed by atoms with Crippen molar-refractivity contribution < 1.29 is 22.7 Å². The van der Waals surface area contributed by atoms with E-state index in [0.29, 0.717) is 31.0 Å². The van der Waals surface area contributed by atoms with E-state index in [4.69, 9.17) is 4.74 Å². The van der Waals surface area contributed by atoms with Crippen LogP contribution in [0.3, 0.4) is 0 Å². The van der Waals surface area contributed by atoms with Crippen LogP contribution < -0.4 is 14.4 Å². The number of para-hydroxylation sites is 2. The molecule has 0 unspecified atom stereocenters. The van der Waals surface area contributed by atoms with Crippen LogP contribution in [0.5, 0.6) is 5.75 Å². The standard InChI is InChI=1S/C30H43N3O5S/c1-5-38-28-19-12-11-18-27(28)33(39(4,36)37)21-13-20-29(34)32(22-25-15-10-9-14-23(25)2)24(3)30(35)31-26-16-7-6-8-17-26/h9-12,14-15,18-19,24,26H,5-8,13,16-17,20-22H2,1-4H3,(H,31,35)/t24-/m1/s1. The van der Waals surface area contributed by atoms with Crippen molar-refractivity contribution in [3.8, 4) is 5.75 Å². The van der Waals surface area contributed by atoms with E-state index in [2.05, 4.69) is 5.32 Å². The average Bonchev–Trinajstić information content (AvgIpc) is 2.91. The number of sulfonamides is 1. The maximum absolute atomic E-state index is 13.6. The van der Waals surface area contributed by atoms with Gasteiger partial charge in [0, 0.05) is 25.6 Å². The van der Waals surface area contributed by atoms with Gasteiger partial charge in [-0.3, -0.25) is 13.9 Å². The Morgan fingerprint density at radius 2 is 1.72 bits per heavy atom. The molecule has 1 fully saturated rings. The van der Waals surface area contributed by atoms with E-state index < -0.39 is 16.1 Å². The zero-order chi connectivity index (χ0) is 28.4. The van der Waals surface area contributed by atoms with Gasteiger partial charge < -0.3 is 15.0 Å². The second-order valence-corrected chi connectivity index (χ2v) is 12.2. The number of carbonyl (C=O) groups is 2. The van der Waals surface area contributed by atoms with Crippen molar-refractivity contribution in [2.75, 3.05) is 23.7 Å². The summed E-state index contributed by atoms with van der Waals surface area (Å²) in [6.45, 7) is 6.44. The summed E-state index contributed by atoms with van der Waals surface area (Å²) in [7, 11) is -3.61. The monoisotopic (exact) mass is 557 g/mol. The number of ether oxygens (including phenoxy) is 1. The van der Waals surface area contributed by atoms with E-state index in [0.717, 1.165) is 43.1 Å². The zero-order valence-electron chi connectivity index (χ0n) is 23.7. The Labute approximate surface area is 233 Å². The molecule has 0 aromatic heterocycles. The summed E-state index contributed by atoms with van der Waals surface area (Å²) in [6.07, 6.45) is 6.90. The first-order chi connectivity index (χ1) is 18.6. The van der Waals surface area contributed by atoms with Gasteiger partial charge >= 0.3 is 0 Å². The predicted molar refractivity (Wildman–Crippen MR) is 155 cm³/mol. The molecule has 2 aromatic carbocycles. The molecule has 0 saturated heterocycles. The summed E-state index contributed by atoms with van der Waals surface area (Å²) in [4.78, 5) is 28.4. The molecule has 1 atom stereocenters.